The summed E-state index contributed by atoms with van der Waals surface area (Å²) in [5, 5.41) is 21.9. The summed E-state index contributed by atoms with van der Waals surface area (Å²) in [6.07, 6.45) is 4.44. The van der Waals surface area contributed by atoms with Crippen LogP contribution in [0.4, 0.5) is 10.2 Å². The summed E-state index contributed by atoms with van der Waals surface area (Å²) in [6, 6.07) is 6.64. The van der Waals surface area contributed by atoms with Gasteiger partial charge in [-0.3, -0.25) is 4.98 Å². The minimum absolute atomic E-state index is 0.107. The molecule has 7 nitrogen and oxygen atoms in total. The first-order valence-electron chi connectivity index (χ1n) is 9.14. The lowest BCUT2D eigenvalue weighted by atomic mass is 9.66. The van der Waals surface area contributed by atoms with Gasteiger partial charge in [0.2, 0.25) is 5.88 Å². The fraction of sp³-hybridized carbons (Fsp3) is 0.300. The normalized spacial score (nSPS) is 14.8. The number of aliphatic hydroxyl groups is 1. The Kier molecular flexibility index (Phi) is 5.14. The van der Waals surface area contributed by atoms with Crippen LogP contribution in [0.2, 0.25) is 0 Å². The van der Waals surface area contributed by atoms with Gasteiger partial charge in [0.1, 0.15) is 33.0 Å². The van der Waals surface area contributed by atoms with E-state index in [1.54, 1.807) is 24.4 Å². The number of thiazole rings is 1. The molecule has 0 radical (unpaired) electrons. The van der Waals surface area contributed by atoms with Gasteiger partial charge in [0.25, 0.3) is 0 Å². The highest BCUT2D eigenvalue weighted by atomic mass is 32.1. The van der Waals surface area contributed by atoms with Crippen molar-refractivity contribution in [1.29, 1.82) is 0 Å². The molecule has 3 aromatic heterocycles. The molecule has 1 aliphatic carbocycles. The van der Waals surface area contributed by atoms with Crippen molar-refractivity contribution in [2.75, 3.05) is 19.0 Å². The van der Waals surface area contributed by atoms with E-state index in [1.165, 1.54) is 24.5 Å². The van der Waals surface area contributed by atoms with Gasteiger partial charge in [0.15, 0.2) is 0 Å². The molecular weight excluding hydrogens is 393 g/mol. The second kappa shape index (κ2) is 7.75. The van der Waals surface area contributed by atoms with Crippen molar-refractivity contribution in [1.82, 2.24) is 20.2 Å². The van der Waals surface area contributed by atoms with Crippen LogP contribution in [-0.4, -0.2) is 38.9 Å². The molecule has 150 valence electrons. The van der Waals surface area contributed by atoms with Crippen molar-refractivity contribution in [2.45, 2.75) is 24.7 Å². The lowest BCUT2D eigenvalue weighted by Gasteiger charge is -2.41. The highest BCUT2D eigenvalue weighted by Gasteiger charge is 2.41. The predicted octanol–water partition coefficient (Wildman–Crippen LogP) is 4.21. The summed E-state index contributed by atoms with van der Waals surface area (Å²) in [7, 11) is 1.48. The fourth-order valence-corrected chi connectivity index (χ4v) is 4.28. The number of rotatable bonds is 7. The molecule has 9 heteroatoms. The first kappa shape index (κ1) is 19.3. The number of hydrogen-bond acceptors (Lipinski definition) is 8. The van der Waals surface area contributed by atoms with E-state index in [0.29, 0.717) is 39.5 Å². The van der Waals surface area contributed by atoms with Crippen molar-refractivity contribution in [3.05, 3.63) is 53.4 Å². The molecule has 3 aromatic rings. The zero-order valence-corrected chi connectivity index (χ0v) is 16.7. The van der Waals surface area contributed by atoms with Crippen LogP contribution >= 0.6 is 11.3 Å². The van der Waals surface area contributed by atoms with Crippen molar-refractivity contribution >= 4 is 22.9 Å². The van der Waals surface area contributed by atoms with Crippen LogP contribution < -0.4 is 10.1 Å². The van der Waals surface area contributed by atoms with E-state index in [4.69, 9.17) is 4.74 Å². The van der Waals surface area contributed by atoms with Crippen LogP contribution in [0, 0.1) is 5.82 Å². The average molecular weight is 413 g/mol. The monoisotopic (exact) mass is 413 g/mol. The third kappa shape index (κ3) is 3.65. The maximum Gasteiger partial charge on any atom is 0.236 e. The van der Waals surface area contributed by atoms with E-state index in [-0.39, 0.29) is 17.0 Å². The number of nitrogens with zero attached hydrogens (tertiary/aromatic N) is 4. The third-order valence-electron chi connectivity index (χ3n) is 5.11. The molecule has 1 fully saturated rings. The number of aliphatic hydroxyl groups excluding tert-OH is 1. The largest absolute Gasteiger partial charge is 0.507 e. The smallest absolute Gasteiger partial charge is 0.236 e. The number of pyridine rings is 1. The number of aromatic nitrogens is 4. The first-order valence-corrected chi connectivity index (χ1v) is 9.96. The molecule has 0 bridgehead atoms. The molecule has 0 unspecified atom stereocenters. The molecule has 0 aliphatic heterocycles. The fourth-order valence-electron chi connectivity index (χ4n) is 3.41. The number of ether oxygens (including phenoxy) is 1. The van der Waals surface area contributed by atoms with Gasteiger partial charge in [-0.25, -0.2) is 4.39 Å². The number of hydrogen-bond donors (Lipinski definition) is 2. The quantitative estimate of drug-likeness (QED) is 0.561. The Morgan fingerprint density at radius 2 is 2.17 bits per heavy atom. The van der Waals surface area contributed by atoms with Gasteiger partial charge in [-0.1, -0.05) is 13.0 Å². The number of methoxy groups -OCH3 is 1. The molecule has 0 aromatic carbocycles. The summed E-state index contributed by atoms with van der Waals surface area (Å²) >= 11 is 1.22. The van der Waals surface area contributed by atoms with Crippen molar-refractivity contribution < 1.29 is 14.2 Å². The van der Waals surface area contributed by atoms with Gasteiger partial charge in [0, 0.05) is 18.2 Å². The van der Waals surface area contributed by atoms with E-state index < -0.39 is 0 Å². The zero-order chi connectivity index (χ0) is 20.4. The first-order chi connectivity index (χ1) is 14.0. The van der Waals surface area contributed by atoms with Crippen LogP contribution in [0.25, 0.3) is 16.5 Å². The average Bonchev–Trinajstić information content (AvgIpc) is 3.14. The molecule has 1 saturated carbocycles. The molecule has 3 heterocycles. The Bertz CT molecular complexity index is 1030. The van der Waals surface area contributed by atoms with Crippen LogP contribution in [-0.2, 0) is 5.41 Å². The SMILES string of the molecule is C=C(O)c1sc(-c2ccc(NCC3(c4ncccc4F)CCC3)nn2)nc1OC. The highest BCUT2D eigenvalue weighted by Crippen LogP contribution is 2.43. The zero-order valence-electron chi connectivity index (χ0n) is 15.9. The Morgan fingerprint density at radius 3 is 2.72 bits per heavy atom. The Balaban J connectivity index is 1.49. The minimum Gasteiger partial charge on any atom is -0.507 e. The topological polar surface area (TPSA) is 93.1 Å². The molecule has 0 amide bonds. The van der Waals surface area contributed by atoms with E-state index in [0.717, 1.165) is 19.3 Å². The van der Waals surface area contributed by atoms with E-state index in [1.807, 2.05) is 0 Å². The Labute approximate surface area is 171 Å². The van der Waals surface area contributed by atoms with Crippen LogP contribution in [0.5, 0.6) is 5.88 Å². The Hall–Kier alpha value is -3.07. The lowest BCUT2D eigenvalue weighted by molar-refractivity contribution is 0.243. The number of halogens is 1. The second-order valence-corrected chi connectivity index (χ2v) is 7.93. The van der Waals surface area contributed by atoms with E-state index >= 15 is 0 Å². The summed E-state index contributed by atoms with van der Waals surface area (Å²) in [6.45, 7) is 4.05. The van der Waals surface area contributed by atoms with E-state index in [2.05, 4.69) is 32.1 Å². The molecule has 2 N–H and O–H groups in total. The maximum atomic E-state index is 14.2. The van der Waals surface area contributed by atoms with Crippen LogP contribution in [0.15, 0.2) is 37.0 Å². The minimum atomic E-state index is -0.315. The van der Waals surface area contributed by atoms with Gasteiger partial charge < -0.3 is 15.2 Å². The molecule has 1 aliphatic rings. The van der Waals surface area contributed by atoms with E-state index in [9.17, 15) is 9.50 Å². The van der Waals surface area contributed by atoms with Gasteiger partial charge in [-0.15, -0.1) is 21.5 Å². The summed E-state index contributed by atoms with van der Waals surface area (Å²) in [5.74, 6) is 0.510. The molecule has 0 atom stereocenters. The summed E-state index contributed by atoms with van der Waals surface area (Å²) in [5.41, 5.74) is 0.751. The third-order valence-corrected chi connectivity index (χ3v) is 6.22. The molecule has 29 heavy (non-hydrogen) atoms. The summed E-state index contributed by atoms with van der Waals surface area (Å²) in [4.78, 5) is 9.04. The molecular formula is C20H20FN5O2S. The van der Waals surface area contributed by atoms with Gasteiger partial charge in [0.05, 0.1) is 12.8 Å². The standard InChI is InChI=1S/C20H20FN5O2S/c1-12(27)16-18(28-2)24-19(29-16)14-6-7-15(26-25-14)23-11-20(8-4-9-20)17-13(21)5-3-10-22-17/h3,5-7,10,27H,1,4,8-9,11H2,2H3,(H,23,26). The summed E-state index contributed by atoms with van der Waals surface area (Å²) < 4.78 is 19.4. The molecule has 4 rings (SSSR count). The number of nitrogens with one attached hydrogen (secondary N) is 1. The van der Waals surface area contributed by atoms with Gasteiger partial charge in [-0.05, 0) is 37.1 Å². The highest BCUT2D eigenvalue weighted by molar-refractivity contribution is 7.16. The predicted molar refractivity (Wildman–Crippen MR) is 110 cm³/mol. The van der Waals surface area contributed by atoms with Crippen LogP contribution in [0.1, 0.15) is 29.8 Å². The lowest BCUT2D eigenvalue weighted by Crippen LogP contribution is -2.42. The second-order valence-electron chi connectivity index (χ2n) is 6.93. The van der Waals surface area contributed by atoms with Crippen LogP contribution in [0.3, 0.4) is 0 Å². The van der Waals surface area contributed by atoms with Crippen molar-refractivity contribution in [2.24, 2.45) is 0 Å². The number of anilines is 1. The molecule has 0 spiro atoms. The van der Waals surface area contributed by atoms with Crippen molar-refractivity contribution in [3.8, 4) is 16.6 Å². The maximum absolute atomic E-state index is 14.2. The van der Waals surface area contributed by atoms with Gasteiger partial charge in [-0.2, -0.15) is 4.98 Å². The van der Waals surface area contributed by atoms with Gasteiger partial charge >= 0.3 is 0 Å². The molecule has 0 saturated heterocycles. The Morgan fingerprint density at radius 1 is 1.34 bits per heavy atom. The van der Waals surface area contributed by atoms with Crippen molar-refractivity contribution in [3.63, 3.8) is 0 Å².